The van der Waals surface area contributed by atoms with Gasteiger partial charge in [0.2, 0.25) is 5.91 Å². The van der Waals surface area contributed by atoms with Gasteiger partial charge in [0.1, 0.15) is 18.2 Å². The molecule has 1 N–H and O–H groups in total. The number of ether oxygens (including phenoxy) is 1. The fourth-order valence-corrected chi connectivity index (χ4v) is 4.25. The van der Waals surface area contributed by atoms with Crippen molar-refractivity contribution in [1.82, 2.24) is 15.2 Å². The normalized spacial score (nSPS) is 22.8. The average Bonchev–Trinajstić information content (AvgIpc) is 2.77. The maximum Gasteiger partial charge on any atom is 0.248 e. The van der Waals surface area contributed by atoms with Gasteiger partial charge in [-0.05, 0) is 63.1 Å². The molecule has 1 aromatic heterocycles. The zero-order valence-corrected chi connectivity index (χ0v) is 16.9. The van der Waals surface area contributed by atoms with Crippen LogP contribution in [-0.4, -0.2) is 67.8 Å². The summed E-state index contributed by atoms with van der Waals surface area (Å²) in [6, 6.07) is 9.03. The van der Waals surface area contributed by atoms with Gasteiger partial charge in [0.25, 0.3) is 0 Å². The number of hydrogen-bond donors (Lipinski definition) is 1. The molecule has 0 unspecified atom stereocenters. The lowest BCUT2D eigenvalue weighted by Gasteiger charge is -2.36. The van der Waals surface area contributed by atoms with Gasteiger partial charge in [-0.15, -0.1) is 0 Å². The number of piperazine rings is 1. The molecule has 7 heteroatoms. The molecule has 1 aliphatic heterocycles. The maximum absolute atomic E-state index is 13.3. The Morgan fingerprint density at radius 2 is 1.90 bits per heavy atom. The monoisotopic (exact) mass is 400 g/mol. The Morgan fingerprint density at radius 3 is 2.62 bits per heavy atom. The second-order valence-corrected chi connectivity index (χ2v) is 7.95. The zero-order valence-electron chi connectivity index (χ0n) is 16.9. The van der Waals surface area contributed by atoms with Crippen LogP contribution in [0.5, 0.6) is 0 Å². The van der Waals surface area contributed by atoms with E-state index in [1.54, 1.807) is 6.07 Å². The molecule has 2 fully saturated rings. The highest BCUT2D eigenvalue weighted by molar-refractivity contribution is 5.80. The van der Waals surface area contributed by atoms with Gasteiger partial charge in [0, 0.05) is 37.6 Å². The fraction of sp³-hybridized carbons (Fsp3) is 0.545. The van der Waals surface area contributed by atoms with Crippen LogP contribution in [0.1, 0.15) is 25.7 Å². The standard InChI is InChI=1S/C22H29FN4O2/c1-24-18-4-6-19(7-5-18)29-15-22(28)27-12-10-26(11-13-27)21-9-2-16-14-17(23)3-8-20(16)25-21/h2-3,8-9,14,18-19,24H,4-7,10-13,15H2,1H3/t18-,19-. The van der Waals surface area contributed by atoms with Gasteiger partial charge in [0.05, 0.1) is 11.6 Å². The molecule has 0 radical (unpaired) electrons. The summed E-state index contributed by atoms with van der Waals surface area (Å²) in [5.41, 5.74) is 0.781. The predicted octanol–water partition coefficient (Wildman–Crippen LogP) is 2.57. The number of nitrogens with zero attached hydrogens (tertiary/aromatic N) is 3. The molecule has 2 aromatic rings. The molecule has 2 heterocycles. The molecule has 0 spiro atoms. The number of anilines is 1. The molecule has 2 aliphatic rings. The molecule has 29 heavy (non-hydrogen) atoms. The Morgan fingerprint density at radius 1 is 1.14 bits per heavy atom. The number of amides is 1. The Balaban J connectivity index is 1.26. The molecule has 1 amide bonds. The maximum atomic E-state index is 13.3. The first-order chi connectivity index (χ1) is 14.1. The summed E-state index contributed by atoms with van der Waals surface area (Å²) in [5, 5.41) is 4.11. The fourth-order valence-electron chi connectivity index (χ4n) is 4.25. The molecule has 0 bridgehead atoms. The summed E-state index contributed by atoms with van der Waals surface area (Å²) in [4.78, 5) is 21.2. The number of rotatable bonds is 5. The topological polar surface area (TPSA) is 57.7 Å². The summed E-state index contributed by atoms with van der Waals surface area (Å²) in [6.07, 6.45) is 4.46. The highest BCUT2D eigenvalue weighted by atomic mass is 19.1. The third kappa shape index (κ3) is 4.85. The number of nitrogens with one attached hydrogen (secondary N) is 1. The van der Waals surface area contributed by atoms with E-state index in [1.807, 2.05) is 24.1 Å². The van der Waals surface area contributed by atoms with Crippen LogP contribution in [0.4, 0.5) is 10.2 Å². The lowest BCUT2D eigenvalue weighted by molar-refractivity contribution is -0.139. The summed E-state index contributed by atoms with van der Waals surface area (Å²) in [7, 11) is 2.00. The van der Waals surface area contributed by atoms with Crippen molar-refractivity contribution in [1.29, 1.82) is 0 Å². The van der Waals surface area contributed by atoms with Crippen LogP contribution in [0.3, 0.4) is 0 Å². The van der Waals surface area contributed by atoms with E-state index in [0.717, 1.165) is 55.5 Å². The van der Waals surface area contributed by atoms with E-state index in [0.29, 0.717) is 19.1 Å². The SMILES string of the molecule is CN[C@H]1CC[C@H](OCC(=O)N2CCN(c3ccc4cc(F)ccc4n3)CC2)CC1. The molecule has 1 aromatic carbocycles. The Hall–Kier alpha value is -2.25. The number of carbonyl (C=O) groups excluding carboxylic acids is 1. The number of fused-ring (bicyclic) bond motifs is 1. The molecule has 1 saturated carbocycles. The zero-order chi connectivity index (χ0) is 20.2. The van der Waals surface area contributed by atoms with E-state index < -0.39 is 0 Å². The Kier molecular flexibility index (Phi) is 6.25. The van der Waals surface area contributed by atoms with Gasteiger partial charge in [-0.2, -0.15) is 0 Å². The minimum atomic E-state index is -0.253. The van der Waals surface area contributed by atoms with Gasteiger partial charge in [-0.1, -0.05) is 0 Å². The molecular weight excluding hydrogens is 371 g/mol. The lowest BCUT2D eigenvalue weighted by atomic mass is 9.93. The van der Waals surface area contributed by atoms with Crippen molar-refractivity contribution >= 4 is 22.6 Å². The Labute approximate surface area is 171 Å². The number of benzene rings is 1. The van der Waals surface area contributed by atoms with Crippen LogP contribution in [0, 0.1) is 5.82 Å². The van der Waals surface area contributed by atoms with Crippen molar-refractivity contribution in [3.8, 4) is 0 Å². The summed E-state index contributed by atoms with van der Waals surface area (Å²) in [6.45, 7) is 2.97. The second kappa shape index (κ2) is 9.05. The molecule has 1 saturated heterocycles. The van der Waals surface area contributed by atoms with Gasteiger partial charge < -0.3 is 19.9 Å². The van der Waals surface area contributed by atoms with Gasteiger partial charge in [-0.25, -0.2) is 9.37 Å². The smallest absolute Gasteiger partial charge is 0.248 e. The largest absolute Gasteiger partial charge is 0.368 e. The van der Waals surface area contributed by atoms with Crippen molar-refractivity contribution in [3.63, 3.8) is 0 Å². The number of aromatic nitrogens is 1. The lowest BCUT2D eigenvalue weighted by Crippen LogP contribution is -2.50. The van der Waals surface area contributed by atoms with E-state index in [1.165, 1.54) is 12.1 Å². The van der Waals surface area contributed by atoms with Crippen LogP contribution >= 0.6 is 0 Å². The van der Waals surface area contributed by atoms with Crippen LogP contribution in [0.25, 0.3) is 10.9 Å². The van der Waals surface area contributed by atoms with Gasteiger partial charge in [0.15, 0.2) is 0 Å². The summed E-state index contributed by atoms with van der Waals surface area (Å²) in [5.74, 6) is 0.688. The summed E-state index contributed by atoms with van der Waals surface area (Å²) >= 11 is 0. The first-order valence-corrected chi connectivity index (χ1v) is 10.5. The molecule has 4 rings (SSSR count). The van der Waals surface area contributed by atoms with E-state index in [-0.39, 0.29) is 24.4 Å². The predicted molar refractivity (Wildman–Crippen MR) is 112 cm³/mol. The van der Waals surface area contributed by atoms with E-state index in [2.05, 4.69) is 15.2 Å². The number of hydrogen-bond acceptors (Lipinski definition) is 5. The number of carbonyl (C=O) groups is 1. The van der Waals surface area contributed by atoms with E-state index >= 15 is 0 Å². The van der Waals surface area contributed by atoms with E-state index in [4.69, 9.17) is 4.74 Å². The molecule has 156 valence electrons. The van der Waals surface area contributed by atoms with E-state index in [9.17, 15) is 9.18 Å². The first-order valence-electron chi connectivity index (χ1n) is 10.5. The molecule has 1 aliphatic carbocycles. The van der Waals surface area contributed by atoms with Crippen LogP contribution < -0.4 is 10.2 Å². The van der Waals surface area contributed by atoms with Crippen molar-refractivity contribution < 1.29 is 13.9 Å². The summed E-state index contributed by atoms with van der Waals surface area (Å²) < 4.78 is 19.2. The average molecular weight is 400 g/mol. The van der Waals surface area contributed by atoms with Crippen LogP contribution in [0.2, 0.25) is 0 Å². The Bertz CT molecular complexity index is 846. The van der Waals surface area contributed by atoms with Gasteiger partial charge >= 0.3 is 0 Å². The number of halogens is 1. The van der Waals surface area contributed by atoms with Gasteiger partial charge in [-0.3, -0.25) is 4.79 Å². The van der Waals surface area contributed by atoms with Crippen LogP contribution in [-0.2, 0) is 9.53 Å². The van der Waals surface area contributed by atoms with Crippen LogP contribution in [0.15, 0.2) is 30.3 Å². The minimum Gasteiger partial charge on any atom is -0.368 e. The quantitative estimate of drug-likeness (QED) is 0.836. The second-order valence-electron chi connectivity index (χ2n) is 7.95. The van der Waals surface area contributed by atoms with Crippen molar-refractivity contribution in [2.45, 2.75) is 37.8 Å². The molecule has 6 nitrogen and oxygen atoms in total. The minimum absolute atomic E-state index is 0.0716. The number of pyridine rings is 1. The molecule has 0 atom stereocenters. The third-order valence-corrected chi connectivity index (χ3v) is 6.12. The van der Waals surface area contributed by atoms with Crippen molar-refractivity contribution in [2.75, 3.05) is 44.7 Å². The molecular formula is C22H29FN4O2. The van der Waals surface area contributed by atoms with Crippen molar-refractivity contribution in [2.24, 2.45) is 0 Å². The highest BCUT2D eigenvalue weighted by Crippen LogP contribution is 2.22. The van der Waals surface area contributed by atoms with Crippen molar-refractivity contribution in [3.05, 3.63) is 36.1 Å². The third-order valence-electron chi connectivity index (χ3n) is 6.12. The highest BCUT2D eigenvalue weighted by Gasteiger charge is 2.25. The first kappa shape index (κ1) is 20.0.